The molecule has 0 fully saturated rings. The summed E-state index contributed by atoms with van der Waals surface area (Å²) in [5.74, 6) is -1.63. The zero-order chi connectivity index (χ0) is 15.9. The van der Waals surface area contributed by atoms with Gasteiger partial charge in [-0.2, -0.15) is 0 Å². The van der Waals surface area contributed by atoms with Gasteiger partial charge in [-0.3, -0.25) is 4.98 Å². The molecular weight excluding hydrogens is 282 g/mol. The molecule has 1 heterocycles. The number of aromatic carboxylic acids is 1. The maximum absolute atomic E-state index is 11.8. The number of hydrogen-bond donors (Lipinski definition) is 1. The predicted octanol–water partition coefficient (Wildman–Crippen LogP) is 3.13. The van der Waals surface area contributed by atoms with E-state index in [1.165, 1.54) is 12.1 Å². The van der Waals surface area contributed by atoms with E-state index in [1.54, 1.807) is 31.5 Å². The highest BCUT2D eigenvalue weighted by atomic mass is 16.5. The summed E-state index contributed by atoms with van der Waals surface area (Å²) in [4.78, 5) is 26.9. The predicted molar refractivity (Wildman–Crippen MR) is 82.5 cm³/mol. The van der Waals surface area contributed by atoms with Gasteiger partial charge in [0, 0.05) is 12.4 Å². The molecule has 5 heteroatoms. The van der Waals surface area contributed by atoms with Gasteiger partial charge in [0.15, 0.2) is 0 Å². The Morgan fingerprint density at radius 2 is 1.73 bits per heavy atom. The van der Waals surface area contributed by atoms with Crippen molar-refractivity contribution >= 4 is 24.1 Å². The van der Waals surface area contributed by atoms with Crippen molar-refractivity contribution in [1.82, 2.24) is 4.98 Å². The minimum absolute atomic E-state index is 0.0416. The van der Waals surface area contributed by atoms with Gasteiger partial charge in [-0.15, -0.1) is 0 Å². The number of esters is 1. The van der Waals surface area contributed by atoms with Crippen molar-refractivity contribution in [2.45, 2.75) is 6.92 Å². The summed E-state index contributed by atoms with van der Waals surface area (Å²) in [5.41, 5.74) is 1.80. The Morgan fingerprint density at radius 1 is 1.09 bits per heavy atom. The molecule has 0 saturated carbocycles. The van der Waals surface area contributed by atoms with E-state index in [1.807, 2.05) is 18.2 Å². The van der Waals surface area contributed by atoms with E-state index in [4.69, 9.17) is 9.84 Å². The lowest BCUT2D eigenvalue weighted by Gasteiger charge is -2.05. The number of carboxylic acids is 1. The minimum Gasteiger partial charge on any atom is -0.478 e. The number of hydrogen-bond acceptors (Lipinski definition) is 4. The highest BCUT2D eigenvalue weighted by Crippen LogP contribution is 2.15. The molecule has 22 heavy (non-hydrogen) atoms. The summed E-state index contributed by atoms with van der Waals surface area (Å²) in [6, 6.07) is 8.06. The molecule has 0 aliphatic rings. The maximum atomic E-state index is 11.8. The van der Waals surface area contributed by atoms with Crippen molar-refractivity contribution in [3.63, 3.8) is 0 Å². The molecule has 0 saturated heterocycles. The molecule has 0 spiro atoms. The molecule has 0 unspecified atom stereocenters. The van der Waals surface area contributed by atoms with E-state index in [9.17, 15) is 9.59 Å². The van der Waals surface area contributed by atoms with Crippen molar-refractivity contribution in [1.29, 1.82) is 0 Å². The van der Waals surface area contributed by atoms with E-state index < -0.39 is 11.9 Å². The Kier molecular flexibility index (Phi) is 5.03. The minimum atomic E-state index is -1.09. The van der Waals surface area contributed by atoms with Gasteiger partial charge in [0.2, 0.25) is 0 Å². The quantitative estimate of drug-likeness (QED) is 0.858. The first-order valence-corrected chi connectivity index (χ1v) is 6.73. The van der Waals surface area contributed by atoms with Gasteiger partial charge in [-0.1, -0.05) is 12.2 Å². The average Bonchev–Trinajstić information content (AvgIpc) is 2.54. The van der Waals surface area contributed by atoms with Crippen molar-refractivity contribution in [3.8, 4) is 0 Å². The molecular formula is C17H15NO4. The summed E-state index contributed by atoms with van der Waals surface area (Å²) in [5, 5.41) is 9.15. The molecule has 1 aromatic carbocycles. The fraction of sp³-hybridized carbons (Fsp3) is 0.118. The number of rotatable bonds is 5. The van der Waals surface area contributed by atoms with Gasteiger partial charge in [-0.05, 0) is 48.4 Å². The molecule has 0 radical (unpaired) electrons. The summed E-state index contributed by atoms with van der Waals surface area (Å²) in [6.45, 7) is 1.93. The number of nitrogens with zero attached hydrogens (tertiary/aromatic N) is 1. The van der Waals surface area contributed by atoms with Gasteiger partial charge in [0.1, 0.15) is 0 Å². The normalized spacial score (nSPS) is 10.6. The van der Waals surface area contributed by atoms with Crippen LogP contribution in [0.25, 0.3) is 12.2 Å². The van der Waals surface area contributed by atoms with Crippen LogP contribution in [0.2, 0.25) is 0 Å². The van der Waals surface area contributed by atoms with E-state index in [0.717, 1.165) is 5.56 Å². The van der Waals surface area contributed by atoms with Crippen LogP contribution >= 0.6 is 0 Å². The Bertz CT molecular complexity index is 708. The fourth-order valence-electron chi connectivity index (χ4n) is 1.87. The van der Waals surface area contributed by atoms with Crippen LogP contribution in [0.3, 0.4) is 0 Å². The molecule has 112 valence electrons. The monoisotopic (exact) mass is 297 g/mol. The largest absolute Gasteiger partial charge is 0.478 e. The summed E-state index contributed by atoms with van der Waals surface area (Å²) >= 11 is 0. The van der Waals surface area contributed by atoms with E-state index in [-0.39, 0.29) is 17.7 Å². The lowest BCUT2D eigenvalue weighted by atomic mass is 10.0. The highest BCUT2D eigenvalue weighted by Gasteiger charge is 2.12. The first-order chi connectivity index (χ1) is 10.6. The zero-order valence-corrected chi connectivity index (χ0v) is 12.0. The Balaban J connectivity index is 2.36. The Labute approximate surface area is 127 Å². The fourth-order valence-corrected chi connectivity index (χ4v) is 1.87. The number of carbonyl (C=O) groups is 2. The average molecular weight is 297 g/mol. The number of benzene rings is 1. The molecule has 0 bridgehead atoms. The van der Waals surface area contributed by atoms with Crippen LogP contribution < -0.4 is 0 Å². The first kappa shape index (κ1) is 15.4. The summed E-state index contributed by atoms with van der Waals surface area (Å²) in [7, 11) is 0. The third-order valence-electron chi connectivity index (χ3n) is 2.89. The number of ether oxygens (including phenoxy) is 1. The molecule has 0 aliphatic heterocycles. The molecule has 0 amide bonds. The summed E-state index contributed by atoms with van der Waals surface area (Å²) < 4.78 is 4.92. The molecule has 2 rings (SSSR count). The van der Waals surface area contributed by atoms with E-state index in [0.29, 0.717) is 5.56 Å². The van der Waals surface area contributed by atoms with Crippen molar-refractivity contribution in [2.75, 3.05) is 6.61 Å². The lowest BCUT2D eigenvalue weighted by Crippen LogP contribution is -2.07. The van der Waals surface area contributed by atoms with Crippen LogP contribution in [-0.2, 0) is 4.74 Å². The van der Waals surface area contributed by atoms with Gasteiger partial charge < -0.3 is 9.84 Å². The Morgan fingerprint density at radius 3 is 2.36 bits per heavy atom. The second-order valence-corrected chi connectivity index (χ2v) is 4.48. The van der Waals surface area contributed by atoms with Crippen molar-refractivity contribution in [2.24, 2.45) is 0 Å². The van der Waals surface area contributed by atoms with Gasteiger partial charge in [0.05, 0.1) is 17.7 Å². The molecule has 0 aliphatic carbocycles. The van der Waals surface area contributed by atoms with Crippen LogP contribution in [0.15, 0.2) is 42.7 Å². The third kappa shape index (κ3) is 4.02. The van der Waals surface area contributed by atoms with Crippen molar-refractivity contribution in [3.05, 3.63) is 65.0 Å². The van der Waals surface area contributed by atoms with E-state index >= 15 is 0 Å². The number of aromatic nitrogens is 1. The van der Waals surface area contributed by atoms with Crippen LogP contribution in [-0.4, -0.2) is 28.6 Å². The highest BCUT2D eigenvalue weighted by molar-refractivity contribution is 5.96. The van der Waals surface area contributed by atoms with Crippen LogP contribution in [0.5, 0.6) is 0 Å². The van der Waals surface area contributed by atoms with Gasteiger partial charge in [0.25, 0.3) is 0 Å². The van der Waals surface area contributed by atoms with Crippen LogP contribution in [0.1, 0.15) is 38.8 Å². The van der Waals surface area contributed by atoms with Crippen molar-refractivity contribution < 1.29 is 19.4 Å². The zero-order valence-electron chi connectivity index (χ0n) is 12.0. The Hall–Kier alpha value is -2.95. The molecule has 2 aromatic rings. The second-order valence-electron chi connectivity index (χ2n) is 4.48. The third-order valence-corrected chi connectivity index (χ3v) is 2.89. The molecule has 5 nitrogen and oxygen atoms in total. The standard InChI is InChI=1S/C17H15NO4/c1-2-22-17(21)15-10-13(9-14(11-15)16(19)20)4-3-12-5-7-18-8-6-12/h3-11H,2H2,1H3,(H,19,20). The van der Waals surface area contributed by atoms with Crippen LogP contribution in [0, 0.1) is 0 Å². The topological polar surface area (TPSA) is 76.5 Å². The number of carboxylic acid groups (broad SMARTS) is 1. The second kappa shape index (κ2) is 7.17. The number of pyridine rings is 1. The first-order valence-electron chi connectivity index (χ1n) is 6.73. The number of carbonyl (C=O) groups excluding carboxylic acids is 1. The van der Waals surface area contributed by atoms with Gasteiger partial charge in [-0.25, -0.2) is 9.59 Å². The lowest BCUT2D eigenvalue weighted by molar-refractivity contribution is 0.0526. The molecule has 1 N–H and O–H groups in total. The smallest absolute Gasteiger partial charge is 0.338 e. The van der Waals surface area contributed by atoms with Gasteiger partial charge >= 0.3 is 11.9 Å². The summed E-state index contributed by atoms with van der Waals surface area (Å²) in [6.07, 6.45) is 6.89. The molecule has 0 atom stereocenters. The van der Waals surface area contributed by atoms with E-state index in [2.05, 4.69) is 4.98 Å². The SMILES string of the molecule is CCOC(=O)c1cc(C=Cc2ccncc2)cc(C(=O)O)c1. The van der Waals surface area contributed by atoms with Crippen LogP contribution in [0.4, 0.5) is 0 Å². The molecule has 1 aromatic heterocycles. The maximum Gasteiger partial charge on any atom is 0.338 e.